The predicted octanol–water partition coefficient (Wildman–Crippen LogP) is 2.26. The third kappa shape index (κ3) is 3.45. The molecule has 0 fully saturated rings. The molecule has 18 heavy (non-hydrogen) atoms. The van der Waals surface area contributed by atoms with E-state index in [-0.39, 0.29) is 11.3 Å². The van der Waals surface area contributed by atoms with E-state index in [1.807, 2.05) is 13.0 Å². The molecule has 1 rings (SSSR count). The van der Waals surface area contributed by atoms with Crippen molar-refractivity contribution in [3.05, 3.63) is 29.6 Å². The molecule has 4 nitrogen and oxygen atoms in total. The highest BCUT2D eigenvalue weighted by Crippen LogP contribution is 2.17. The smallest absolute Gasteiger partial charge is 0.252 e. The highest BCUT2D eigenvalue weighted by molar-refractivity contribution is 5.94. The molecule has 0 aromatic heterocycles. The van der Waals surface area contributed by atoms with Gasteiger partial charge >= 0.3 is 0 Å². The fourth-order valence-electron chi connectivity index (χ4n) is 1.51. The lowest BCUT2D eigenvalue weighted by atomic mass is 10.1. The maximum atomic E-state index is 13.4. The molecule has 1 amide bonds. The van der Waals surface area contributed by atoms with Crippen LogP contribution in [0.2, 0.25) is 0 Å². The first-order valence-corrected chi connectivity index (χ1v) is 5.66. The average Bonchev–Trinajstić information content (AvgIpc) is 2.37. The van der Waals surface area contributed by atoms with E-state index in [0.717, 1.165) is 12.5 Å². The Morgan fingerprint density at radius 3 is 2.83 bits per heavy atom. The van der Waals surface area contributed by atoms with Gasteiger partial charge in [-0.25, -0.2) is 4.39 Å². The molecule has 96 valence electrons. The van der Waals surface area contributed by atoms with Crippen LogP contribution >= 0.6 is 0 Å². The lowest BCUT2D eigenvalue weighted by Gasteiger charge is -2.11. The van der Waals surface area contributed by atoms with Crippen LogP contribution in [0.5, 0.6) is 5.75 Å². The van der Waals surface area contributed by atoms with Gasteiger partial charge in [0, 0.05) is 5.56 Å². The van der Waals surface area contributed by atoms with Crippen LogP contribution in [-0.4, -0.2) is 19.1 Å². The molecular weight excluding hydrogens is 235 g/mol. The van der Waals surface area contributed by atoms with E-state index in [2.05, 4.69) is 5.32 Å². The van der Waals surface area contributed by atoms with E-state index in [1.54, 1.807) is 0 Å². The Labute approximate surface area is 105 Å². The van der Waals surface area contributed by atoms with E-state index in [9.17, 15) is 9.18 Å². The average molecular weight is 250 g/mol. The van der Waals surface area contributed by atoms with Gasteiger partial charge in [0.05, 0.1) is 13.2 Å². The standard InChI is InChI=1S/C13H15FN2O2/c1-3-4-10(8-15)16-13(17)9-5-6-12(18-2)11(14)7-9/h5-7,10H,3-4H2,1-2H3,(H,16,17). The first-order chi connectivity index (χ1) is 8.62. The number of amides is 1. The molecule has 0 aliphatic rings. The molecule has 1 atom stereocenters. The monoisotopic (exact) mass is 250 g/mol. The quantitative estimate of drug-likeness (QED) is 0.871. The molecule has 0 aliphatic heterocycles. The number of carbonyl (C=O) groups is 1. The predicted molar refractivity (Wildman–Crippen MR) is 64.7 cm³/mol. The van der Waals surface area contributed by atoms with Crippen molar-refractivity contribution in [1.82, 2.24) is 5.32 Å². The summed E-state index contributed by atoms with van der Waals surface area (Å²) in [5.74, 6) is -0.984. The summed E-state index contributed by atoms with van der Waals surface area (Å²) in [6.45, 7) is 1.92. The highest BCUT2D eigenvalue weighted by Gasteiger charge is 2.14. The van der Waals surface area contributed by atoms with Gasteiger partial charge in [0.1, 0.15) is 6.04 Å². The zero-order chi connectivity index (χ0) is 13.5. The van der Waals surface area contributed by atoms with Gasteiger partial charge in [0.2, 0.25) is 0 Å². The van der Waals surface area contributed by atoms with Gasteiger partial charge in [-0.15, -0.1) is 0 Å². The molecule has 5 heteroatoms. The number of carbonyl (C=O) groups excluding carboxylic acids is 1. The molecule has 0 bridgehead atoms. The first kappa shape index (κ1) is 14.0. The van der Waals surface area contributed by atoms with Gasteiger partial charge in [-0.1, -0.05) is 13.3 Å². The summed E-state index contributed by atoms with van der Waals surface area (Å²) in [6, 6.07) is 5.37. The normalized spacial score (nSPS) is 11.4. The van der Waals surface area contributed by atoms with E-state index in [0.29, 0.717) is 6.42 Å². The number of rotatable bonds is 5. The topological polar surface area (TPSA) is 62.1 Å². The van der Waals surface area contributed by atoms with Gasteiger partial charge in [-0.2, -0.15) is 5.26 Å². The molecule has 0 heterocycles. The summed E-state index contributed by atoms with van der Waals surface area (Å²) < 4.78 is 18.2. The molecular formula is C13H15FN2O2. The Hall–Kier alpha value is -2.09. The van der Waals surface area contributed by atoms with Crippen molar-refractivity contribution >= 4 is 5.91 Å². The molecule has 0 spiro atoms. The second-order valence-corrected chi connectivity index (χ2v) is 3.79. The largest absolute Gasteiger partial charge is 0.494 e. The van der Waals surface area contributed by atoms with Crippen LogP contribution in [0, 0.1) is 17.1 Å². The lowest BCUT2D eigenvalue weighted by Crippen LogP contribution is -2.33. The molecule has 0 saturated carbocycles. The molecule has 0 saturated heterocycles. The number of methoxy groups -OCH3 is 1. The van der Waals surface area contributed by atoms with Crippen molar-refractivity contribution in [3.63, 3.8) is 0 Å². The van der Waals surface area contributed by atoms with Gasteiger partial charge in [0.25, 0.3) is 5.91 Å². The zero-order valence-electron chi connectivity index (χ0n) is 10.4. The highest BCUT2D eigenvalue weighted by atomic mass is 19.1. The van der Waals surface area contributed by atoms with E-state index in [4.69, 9.17) is 10.00 Å². The number of nitrogens with zero attached hydrogens (tertiary/aromatic N) is 1. The number of nitriles is 1. The minimum Gasteiger partial charge on any atom is -0.494 e. The van der Waals surface area contributed by atoms with Gasteiger partial charge < -0.3 is 10.1 Å². The number of halogens is 1. The summed E-state index contributed by atoms with van der Waals surface area (Å²) in [7, 11) is 1.35. The second kappa shape index (κ2) is 6.60. The van der Waals surface area contributed by atoms with Crippen molar-refractivity contribution in [2.45, 2.75) is 25.8 Å². The molecule has 0 aliphatic carbocycles. The van der Waals surface area contributed by atoms with Crippen molar-refractivity contribution in [2.24, 2.45) is 0 Å². The summed E-state index contributed by atoms with van der Waals surface area (Å²) in [5.41, 5.74) is 0.171. The van der Waals surface area contributed by atoms with Crippen LogP contribution in [0.15, 0.2) is 18.2 Å². The van der Waals surface area contributed by atoms with Crippen LogP contribution in [0.1, 0.15) is 30.1 Å². The third-order valence-electron chi connectivity index (χ3n) is 2.45. The van der Waals surface area contributed by atoms with Crippen LogP contribution in [0.25, 0.3) is 0 Å². The Bertz CT molecular complexity index is 469. The molecule has 1 N–H and O–H groups in total. The fourth-order valence-corrected chi connectivity index (χ4v) is 1.51. The summed E-state index contributed by atoms with van der Waals surface area (Å²) in [4.78, 5) is 11.8. The van der Waals surface area contributed by atoms with Gasteiger partial charge in [0.15, 0.2) is 11.6 Å². The van der Waals surface area contributed by atoms with Crippen molar-refractivity contribution in [1.29, 1.82) is 5.26 Å². The van der Waals surface area contributed by atoms with Gasteiger partial charge in [-0.05, 0) is 24.6 Å². The zero-order valence-corrected chi connectivity index (χ0v) is 10.4. The number of hydrogen-bond donors (Lipinski definition) is 1. The van der Waals surface area contributed by atoms with Crippen LogP contribution < -0.4 is 10.1 Å². The molecule has 0 radical (unpaired) electrons. The van der Waals surface area contributed by atoms with E-state index < -0.39 is 17.8 Å². The maximum absolute atomic E-state index is 13.4. The summed E-state index contributed by atoms with van der Waals surface area (Å²) in [6.07, 6.45) is 1.36. The minimum absolute atomic E-state index is 0.0805. The Morgan fingerprint density at radius 2 is 2.33 bits per heavy atom. The second-order valence-electron chi connectivity index (χ2n) is 3.79. The number of benzene rings is 1. The lowest BCUT2D eigenvalue weighted by molar-refractivity contribution is 0.0943. The summed E-state index contributed by atoms with van der Waals surface area (Å²) in [5, 5.41) is 11.4. The number of nitrogens with one attached hydrogen (secondary N) is 1. The maximum Gasteiger partial charge on any atom is 0.252 e. The molecule has 1 unspecified atom stereocenters. The fraction of sp³-hybridized carbons (Fsp3) is 0.385. The minimum atomic E-state index is -0.603. The van der Waals surface area contributed by atoms with Crippen molar-refractivity contribution < 1.29 is 13.9 Å². The van der Waals surface area contributed by atoms with E-state index in [1.165, 1.54) is 19.2 Å². The van der Waals surface area contributed by atoms with Gasteiger partial charge in [-0.3, -0.25) is 4.79 Å². The number of hydrogen-bond acceptors (Lipinski definition) is 3. The Balaban J connectivity index is 2.79. The number of ether oxygens (including phenoxy) is 1. The van der Waals surface area contributed by atoms with Crippen LogP contribution in [0.3, 0.4) is 0 Å². The van der Waals surface area contributed by atoms with Crippen molar-refractivity contribution in [2.75, 3.05) is 7.11 Å². The van der Waals surface area contributed by atoms with E-state index >= 15 is 0 Å². The first-order valence-electron chi connectivity index (χ1n) is 5.66. The van der Waals surface area contributed by atoms with Crippen LogP contribution in [-0.2, 0) is 0 Å². The molecule has 1 aromatic carbocycles. The summed E-state index contributed by atoms with van der Waals surface area (Å²) >= 11 is 0. The Kier molecular flexibility index (Phi) is 5.12. The third-order valence-corrected chi connectivity index (χ3v) is 2.45. The molecule has 1 aromatic rings. The Morgan fingerprint density at radius 1 is 1.61 bits per heavy atom. The van der Waals surface area contributed by atoms with Crippen LogP contribution in [0.4, 0.5) is 4.39 Å². The van der Waals surface area contributed by atoms with Crippen molar-refractivity contribution in [3.8, 4) is 11.8 Å². The SMILES string of the molecule is CCCC(C#N)NC(=O)c1ccc(OC)c(F)c1.